The first-order chi connectivity index (χ1) is 11.4. The fraction of sp³-hybridized carbons (Fsp3) is 0.529. The lowest BCUT2D eigenvalue weighted by Crippen LogP contribution is -2.50. The van der Waals surface area contributed by atoms with Crippen LogP contribution in [0.1, 0.15) is 18.4 Å². The smallest absolute Gasteiger partial charge is 0.316 e. The minimum atomic E-state index is 0.270. The number of hydrogen-bond donors (Lipinski definition) is 0. The molecule has 23 heavy (non-hydrogen) atoms. The van der Waals surface area contributed by atoms with Crippen LogP contribution in [0.3, 0.4) is 0 Å². The predicted octanol–water partition coefficient (Wildman–Crippen LogP) is 2.60. The Balaban J connectivity index is 1.37. The predicted molar refractivity (Wildman–Crippen MR) is 88.5 cm³/mol. The average molecular weight is 331 g/mol. The second-order valence-electron chi connectivity index (χ2n) is 6.18. The Hall–Kier alpha value is -1.50. The first-order valence-electron chi connectivity index (χ1n) is 8.17. The highest BCUT2D eigenvalue weighted by molar-refractivity contribution is 7.07. The molecule has 0 N–H and O–H groups in total. The minimum Gasteiger partial charge on any atom is -0.463 e. The molecule has 2 aromatic heterocycles. The number of rotatable bonds is 5. The molecule has 0 bridgehead atoms. The quantitative estimate of drug-likeness (QED) is 0.843. The summed E-state index contributed by atoms with van der Waals surface area (Å²) < 4.78 is 11.9. The molecule has 1 saturated carbocycles. The van der Waals surface area contributed by atoms with E-state index in [9.17, 15) is 0 Å². The lowest BCUT2D eigenvalue weighted by molar-refractivity contribution is -0.0819. The van der Waals surface area contributed by atoms with Gasteiger partial charge in [-0.05, 0) is 41.3 Å². The Morgan fingerprint density at radius 3 is 3.04 bits per heavy atom. The maximum atomic E-state index is 6.09. The zero-order chi connectivity index (χ0) is 15.5. The largest absolute Gasteiger partial charge is 0.463 e. The van der Waals surface area contributed by atoms with Gasteiger partial charge in [-0.3, -0.25) is 4.90 Å². The van der Waals surface area contributed by atoms with Gasteiger partial charge in [0.05, 0.1) is 19.3 Å². The van der Waals surface area contributed by atoms with Gasteiger partial charge in [0.1, 0.15) is 0 Å². The molecule has 5 nitrogen and oxygen atoms in total. The highest BCUT2D eigenvalue weighted by atomic mass is 32.1. The number of thiophene rings is 1. The van der Waals surface area contributed by atoms with Crippen molar-refractivity contribution in [3.8, 4) is 6.01 Å². The van der Waals surface area contributed by atoms with E-state index in [1.165, 1.54) is 12.0 Å². The van der Waals surface area contributed by atoms with Gasteiger partial charge in [-0.2, -0.15) is 11.3 Å². The number of morpholine rings is 1. The maximum Gasteiger partial charge on any atom is 0.316 e. The highest BCUT2D eigenvalue weighted by Crippen LogP contribution is 2.35. The fourth-order valence-electron chi connectivity index (χ4n) is 3.67. The molecule has 3 unspecified atom stereocenters. The van der Waals surface area contributed by atoms with E-state index in [-0.39, 0.29) is 6.10 Å². The molecule has 6 heteroatoms. The third kappa shape index (κ3) is 3.39. The Morgan fingerprint density at radius 2 is 2.22 bits per heavy atom. The Bertz CT molecular complexity index is 608. The summed E-state index contributed by atoms with van der Waals surface area (Å²) in [5.74, 6) is 0.425. The van der Waals surface area contributed by atoms with Crippen molar-refractivity contribution >= 4 is 11.3 Å². The molecule has 3 atom stereocenters. The van der Waals surface area contributed by atoms with Gasteiger partial charge in [0.25, 0.3) is 0 Å². The molecule has 2 aromatic rings. The van der Waals surface area contributed by atoms with Gasteiger partial charge in [0.2, 0.25) is 0 Å². The maximum absolute atomic E-state index is 6.09. The van der Waals surface area contributed by atoms with Gasteiger partial charge < -0.3 is 9.47 Å². The molecule has 3 heterocycles. The van der Waals surface area contributed by atoms with E-state index >= 15 is 0 Å². The van der Waals surface area contributed by atoms with Crippen molar-refractivity contribution in [3.63, 3.8) is 0 Å². The van der Waals surface area contributed by atoms with Crippen molar-refractivity contribution in [2.45, 2.75) is 31.5 Å². The first kappa shape index (κ1) is 15.1. The second kappa shape index (κ2) is 6.95. The van der Waals surface area contributed by atoms with Crippen LogP contribution in [0, 0.1) is 5.92 Å². The van der Waals surface area contributed by atoms with Gasteiger partial charge in [0, 0.05) is 37.4 Å². The van der Waals surface area contributed by atoms with Crippen molar-refractivity contribution in [3.05, 3.63) is 40.8 Å². The molecular formula is C17H21N3O2S. The Kier molecular flexibility index (Phi) is 4.55. The number of fused-ring (bicyclic) bond motifs is 1. The number of nitrogens with zero attached hydrogens (tertiary/aromatic N) is 3. The van der Waals surface area contributed by atoms with E-state index in [4.69, 9.17) is 9.47 Å². The Morgan fingerprint density at radius 1 is 1.30 bits per heavy atom. The summed E-state index contributed by atoms with van der Waals surface area (Å²) in [6, 6.07) is 4.98. The molecule has 2 aliphatic rings. The molecule has 1 saturated heterocycles. The lowest BCUT2D eigenvalue weighted by atomic mass is 10.0. The van der Waals surface area contributed by atoms with Crippen LogP contribution in [0.25, 0.3) is 0 Å². The van der Waals surface area contributed by atoms with E-state index in [0.717, 1.165) is 26.1 Å². The van der Waals surface area contributed by atoms with Crippen molar-refractivity contribution in [1.29, 1.82) is 0 Å². The number of aromatic nitrogens is 2. The Labute approximate surface area is 140 Å². The highest BCUT2D eigenvalue weighted by Gasteiger charge is 2.42. The van der Waals surface area contributed by atoms with E-state index in [2.05, 4.69) is 31.7 Å². The van der Waals surface area contributed by atoms with Gasteiger partial charge in [0.15, 0.2) is 0 Å². The fourth-order valence-corrected chi connectivity index (χ4v) is 4.33. The number of ether oxygens (including phenoxy) is 2. The monoisotopic (exact) mass is 331 g/mol. The molecule has 0 radical (unpaired) electrons. The summed E-state index contributed by atoms with van der Waals surface area (Å²) in [5, 5.41) is 4.39. The standard InChI is InChI=1S/C17H21N3O2S/c1-5-18-17(19-6-1)22-11-14-2-3-15-16(14)21-8-7-20(15)10-13-4-9-23-12-13/h1,4-6,9,12,14-16H,2-3,7-8,10-11H2. The normalized spacial score (nSPS) is 27.7. The molecule has 0 spiro atoms. The van der Waals surface area contributed by atoms with Crippen LogP contribution in [-0.2, 0) is 11.3 Å². The van der Waals surface area contributed by atoms with Crippen LogP contribution in [-0.4, -0.2) is 46.8 Å². The zero-order valence-corrected chi connectivity index (χ0v) is 13.8. The molecule has 0 aromatic carbocycles. The molecule has 2 fully saturated rings. The second-order valence-corrected chi connectivity index (χ2v) is 6.96. The summed E-state index contributed by atoms with van der Waals surface area (Å²) in [5.41, 5.74) is 1.41. The van der Waals surface area contributed by atoms with Crippen LogP contribution in [0.15, 0.2) is 35.3 Å². The van der Waals surface area contributed by atoms with Crippen molar-refractivity contribution in [1.82, 2.24) is 14.9 Å². The van der Waals surface area contributed by atoms with Gasteiger partial charge >= 0.3 is 6.01 Å². The summed E-state index contributed by atoms with van der Waals surface area (Å²) >= 11 is 1.77. The third-order valence-electron chi connectivity index (χ3n) is 4.77. The van der Waals surface area contributed by atoms with Gasteiger partial charge in [-0.15, -0.1) is 0 Å². The van der Waals surface area contributed by atoms with Crippen LogP contribution >= 0.6 is 11.3 Å². The van der Waals surface area contributed by atoms with E-state index in [0.29, 0.717) is 24.6 Å². The van der Waals surface area contributed by atoms with Crippen LogP contribution in [0.4, 0.5) is 0 Å². The van der Waals surface area contributed by atoms with Gasteiger partial charge in [-0.1, -0.05) is 0 Å². The molecule has 0 amide bonds. The van der Waals surface area contributed by atoms with Crippen LogP contribution < -0.4 is 4.74 Å². The van der Waals surface area contributed by atoms with E-state index < -0.39 is 0 Å². The molecule has 4 rings (SSSR count). The lowest BCUT2D eigenvalue weighted by Gasteiger charge is -2.39. The molecule has 122 valence electrons. The van der Waals surface area contributed by atoms with Crippen LogP contribution in [0.2, 0.25) is 0 Å². The average Bonchev–Trinajstić information content (AvgIpc) is 3.24. The molecular weight excluding hydrogens is 310 g/mol. The van der Waals surface area contributed by atoms with Crippen molar-refractivity contribution < 1.29 is 9.47 Å². The van der Waals surface area contributed by atoms with E-state index in [1.54, 1.807) is 29.8 Å². The molecule has 1 aliphatic heterocycles. The first-order valence-corrected chi connectivity index (χ1v) is 9.11. The van der Waals surface area contributed by atoms with Crippen LogP contribution in [0.5, 0.6) is 6.01 Å². The van der Waals surface area contributed by atoms with Crippen molar-refractivity contribution in [2.24, 2.45) is 5.92 Å². The van der Waals surface area contributed by atoms with Crippen molar-refractivity contribution in [2.75, 3.05) is 19.8 Å². The summed E-state index contributed by atoms with van der Waals surface area (Å²) in [4.78, 5) is 10.8. The van der Waals surface area contributed by atoms with E-state index in [1.807, 2.05) is 0 Å². The third-order valence-corrected chi connectivity index (χ3v) is 5.50. The molecule has 1 aliphatic carbocycles. The number of hydrogen-bond acceptors (Lipinski definition) is 6. The SMILES string of the molecule is c1cnc(OCC2CCC3C2OCCN3Cc2ccsc2)nc1. The summed E-state index contributed by atoms with van der Waals surface area (Å²) in [7, 11) is 0. The zero-order valence-electron chi connectivity index (χ0n) is 13.0. The summed E-state index contributed by atoms with van der Waals surface area (Å²) in [6.45, 7) is 3.50. The minimum absolute atomic E-state index is 0.270. The topological polar surface area (TPSA) is 47.5 Å². The van der Waals surface area contributed by atoms with Gasteiger partial charge in [-0.25, -0.2) is 9.97 Å². The summed E-state index contributed by atoms with van der Waals surface area (Å²) in [6.07, 6.45) is 6.01.